The molecular weight excluding hydrogens is 290 g/mol. The van der Waals surface area contributed by atoms with Gasteiger partial charge in [0.25, 0.3) is 0 Å². The molecule has 22 heavy (non-hydrogen) atoms. The molecule has 116 valence electrons. The minimum absolute atomic E-state index is 0.0574. The van der Waals surface area contributed by atoms with Crippen LogP contribution in [0.5, 0.6) is 0 Å². The number of rotatable bonds is 7. The smallest absolute Gasteiger partial charge is 0.233 e. The maximum absolute atomic E-state index is 12.4. The van der Waals surface area contributed by atoms with Crippen molar-refractivity contribution in [2.24, 2.45) is 0 Å². The highest BCUT2D eigenvalue weighted by Gasteiger charge is 2.18. The zero-order chi connectivity index (χ0) is 15.8. The fourth-order valence-corrected chi connectivity index (χ4v) is 3.12. The van der Waals surface area contributed by atoms with Gasteiger partial charge >= 0.3 is 0 Å². The molecule has 2 aromatic carbocycles. The molecule has 3 heteroatoms. The van der Waals surface area contributed by atoms with Gasteiger partial charge in [-0.25, -0.2) is 0 Å². The third kappa shape index (κ3) is 4.92. The first-order chi connectivity index (χ1) is 10.7. The van der Waals surface area contributed by atoms with E-state index in [1.165, 1.54) is 11.1 Å². The van der Waals surface area contributed by atoms with E-state index in [9.17, 15) is 4.79 Å². The van der Waals surface area contributed by atoms with Gasteiger partial charge in [0.2, 0.25) is 5.91 Å². The van der Waals surface area contributed by atoms with E-state index in [1.807, 2.05) is 43.3 Å². The molecule has 2 aromatic rings. The normalized spacial score (nSPS) is 13.4. The highest BCUT2D eigenvalue weighted by Crippen LogP contribution is 2.20. The summed E-state index contributed by atoms with van der Waals surface area (Å²) in [5.74, 6) is 0.967. The van der Waals surface area contributed by atoms with Crippen molar-refractivity contribution in [3.05, 3.63) is 71.8 Å². The molecule has 2 rings (SSSR count). The Balaban J connectivity index is 1.87. The lowest BCUT2D eigenvalue weighted by molar-refractivity contribution is -0.121. The van der Waals surface area contributed by atoms with Crippen LogP contribution in [0.15, 0.2) is 60.7 Å². The molecule has 0 spiro atoms. The summed E-state index contributed by atoms with van der Waals surface area (Å²) in [5.41, 5.74) is 2.42. The first-order valence-electron chi connectivity index (χ1n) is 7.71. The Morgan fingerprint density at radius 3 is 2.23 bits per heavy atom. The van der Waals surface area contributed by atoms with Crippen LogP contribution in [0.2, 0.25) is 0 Å². The summed E-state index contributed by atoms with van der Waals surface area (Å²) in [7, 11) is 0. The van der Waals surface area contributed by atoms with Crippen LogP contribution in [-0.2, 0) is 10.5 Å². The van der Waals surface area contributed by atoms with Gasteiger partial charge in [0, 0.05) is 5.75 Å². The summed E-state index contributed by atoms with van der Waals surface area (Å²) in [6, 6.07) is 20.5. The molecule has 0 aliphatic rings. The van der Waals surface area contributed by atoms with Crippen molar-refractivity contribution >= 4 is 17.7 Å². The second-order valence-corrected chi connectivity index (χ2v) is 6.65. The second-order valence-electron chi connectivity index (χ2n) is 5.32. The molecule has 2 nitrogen and oxygen atoms in total. The molecule has 0 aliphatic heterocycles. The Morgan fingerprint density at radius 2 is 1.64 bits per heavy atom. The molecule has 0 bridgehead atoms. The molecule has 1 amide bonds. The van der Waals surface area contributed by atoms with Crippen LogP contribution >= 0.6 is 11.8 Å². The Labute approximate surface area is 137 Å². The maximum atomic E-state index is 12.4. The third-order valence-corrected chi connectivity index (χ3v) is 4.85. The summed E-state index contributed by atoms with van der Waals surface area (Å²) in [6.07, 6.45) is 0.895. The zero-order valence-electron chi connectivity index (χ0n) is 13.2. The van der Waals surface area contributed by atoms with Crippen LogP contribution in [0, 0.1) is 0 Å². The van der Waals surface area contributed by atoms with Crippen LogP contribution in [0.25, 0.3) is 0 Å². The Kier molecular flexibility index (Phi) is 6.53. The number of hydrogen-bond donors (Lipinski definition) is 1. The number of hydrogen-bond acceptors (Lipinski definition) is 2. The number of nitrogens with one attached hydrogen (secondary N) is 1. The Bertz CT molecular complexity index is 571. The molecule has 2 atom stereocenters. The SMILES string of the molecule is CC[C@H](NC(=O)[C@H](C)SCc1ccccc1)c1ccccc1. The van der Waals surface area contributed by atoms with E-state index in [1.54, 1.807) is 11.8 Å². The van der Waals surface area contributed by atoms with Gasteiger partial charge in [-0.2, -0.15) is 0 Å². The van der Waals surface area contributed by atoms with Gasteiger partial charge in [-0.1, -0.05) is 67.6 Å². The Morgan fingerprint density at radius 1 is 1.05 bits per heavy atom. The van der Waals surface area contributed by atoms with Gasteiger partial charge in [-0.3, -0.25) is 4.79 Å². The molecule has 0 saturated carbocycles. The van der Waals surface area contributed by atoms with Crippen LogP contribution in [-0.4, -0.2) is 11.2 Å². The van der Waals surface area contributed by atoms with E-state index < -0.39 is 0 Å². The predicted molar refractivity (Wildman–Crippen MR) is 94.8 cm³/mol. The van der Waals surface area contributed by atoms with Gasteiger partial charge in [0.15, 0.2) is 0 Å². The molecular formula is C19H23NOS. The number of benzene rings is 2. The fourth-order valence-electron chi connectivity index (χ4n) is 2.27. The van der Waals surface area contributed by atoms with Crippen molar-refractivity contribution in [1.82, 2.24) is 5.32 Å². The maximum Gasteiger partial charge on any atom is 0.233 e. The number of amides is 1. The molecule has 0 fully saturated rings. The van der Waals surface area contributed by atoms with E-state index in [0.717, 1.165) is 12.2 Å². The monoisotopic (exact) mass is 313 g/mol. The molecule has 0 aliphatic carbocycles. The average Bonchev–Trinajstić information content (AvgIpc) is 2.59. The van der Waals surface area contributed by atoms with Gasteiger partial charge in [0.05, 0.1) is 11.3 Å². The van der Waals surface area contributed by atoms with Crippen LogP contribution in [0.3, 0.4) is 0 Å². The second kappa shape index (κ2) is 8.64. The van der Waals surface area contributed by atoms with Crippen LogP contribution in [0.4, 0.5) is 0 Å². The van der Waals surface area contributed by atoms with Crippen molar-refractivity contribution in [3.63, 3.8) is 0 Å². The van der Waals surface area contributed by atoms with Crippen LogP contribution in [0.1, 0.15) is 37.4 Å². The predicted octanol–water partition coefficient (Wildman–Crippen LogP) is 4.58. The van der Waals surface area contributed by atoms with Gasteiger partial charge < -0.3 is 5.32 Å². The standard InChI is InChI=1S/C19H23NOS/c1-3-18(17-12-8-5-9-13-17)20-19(21)15(2)22-14-16-10-6-4-7-11-16/h4-13,15,18H,3,14H2,1-2H3,(H,20,21)/t15-,18-/m0/s1. The molecule has 0 unspecified atom stereocenters. The first-order valence-corrected chi connectivity index (χ1v) is 8.76. The average molecular weight is 313 g/mol. The van der Waals surface area contributed by atoms with Crippen molar-refractivity contribution in [2.45, 2.75) is 37.3 Å². The van der Waals surface area contributed by atoms with Crippen molar-refractivity contribution < 1.29 is 4.79 Å². The minimum atomic E-state index is -0.0574. The fraction of sp³-hybridized carbons (Fsp3) is 0.316. The lowest BCUT2D eigenvalue weighted by Gasteiger charge is -2.20. The van der Waals surface area contributed by atoms with E-state index in [0.29, 0.717) is 0 Å². The first kappa shape index (κ1) is 16.6. The van der Waals surface area contributed by atoms with Crippen molar-refractivity contribution in [2.75, 3.05) is 0 Å². The Hall–Kier alpha value is -1.74. The largest absolute Gasteiger partial charge is 0.348 e. The van der Waals surface area contributed by atoms with Crippen molar-refractivity contribution in [3.8, 4) is 0 Å². The molecule has 0 heterocycles. The topological polar surface area (TPSA) is 29.1 Å². The number of thioether (sulfide) groups is 1. The summed E-state index contributed by atoms with van der Waals surface area (Å²) in [5, 5.41) is 3.10. The summed E-state index contributed by atoms with van der Waals surface area (Å²) >= 11 is 1.67. The third-order valence-electron chi connectivity index (χ3n) is 3.64. The molecule has 0 aromatic heterocycles. The van der Waals surface area contributed by atoms with Crippen LogP contribution < -0.4 is 5.32 Å². The van der Waals surface area contributed by atoms with E-state index >= 15 is 0 Å². The lowest BCUT2D eigenvalue weighted by Crippen LogP contribution is -2.34. The summed E-state index contributed by atoms with van der Waals surface area (Å²) in [6.45, 7) is 4.07. The van der Waals surface area contributed by atoms with E-state index in [4.69, 9.17) is 0 Å². The minimum Gasteiger partial charge on any atom is -0.348 e. The van der Waals surface area contributed by atoms with Gasteiger partial charge in [0.1, 0.15) is 0 Å². The molecule has 1 N–H and O–H groups in total. The van der Waals surface area contributed by atoms with E-state index in [2.05, 4.69) is 36.5 Å². The van der Waals surface area contributed by atoms with Crippen molar-refractivity contribution in [1.29, 1.82) is 0 Å². The van der Waals surface area contributed by atoms with Gasteiger partial charge in [-0.15, -0.1) is 11.8 Å². The van der Waals surface area contributed by atoms with Gasteiger partial charge in [-0.05, 0) is 24.5 Å². The van der Waals surface area contributed by atoms with E-state index in [-0.39, 0.29) is 17.2 Å². The quantitative estimate of drug-likeness (QED) is 0.811. The number of carbonyl (C=O) groups excluding carboxylic acids is 1. The molecule has 0 radical (unpaired) electrons. The number of carbonyl (C=O) groups is 1. The summed E-state index contributed by atoms with van der Waals surface area (Å²) in [4.78, 5) is 12.4. The highest BCUT2D eigenvalue weighted by atomic mass is 32.2. The zero-order valence-corrected chi connectivity index (χ0v) is 14.0. The molecule has 0 saturated heterocycles. The highest BCUT2D eigenvalue weighted by molar-refractivity contribution is 7.99. The lowest BCUT2D eigenvalue weighted by atomic mass is 10.0. The summed E-state index contributed by atoms with van der Waals surface area (Å²) < 4.78 is 0.